The normalized spacial score (nSPS) is 10.2. The first-order chi connectivity index (χ1) is 9.04. The molecule has 2 aromatic rings. The first-order valence-electron chi connectivity index (χ1n) is 5.57. The Balaban J connectivity index is 2.05. The van der Waals surface area contributed by atoms with Crippen LogP contribution in [0.5, 0.6) is 5.75 Å². The molecule has 0 fully saturated rings. The largest absolute Gasteiger partial charge is 0.508 e. The van der Waals surface area contributed by atoms with Gasteiger partial charge in [-0.15, -0.1) is 0 Å². The van der Waals surface area contributed by atoms with Gasteiger partial charge in [-0.25, -0.2) is 4.39 Å². The molecule has 5 heteroatoms. The second kappa shape index (κ2) is 5.71. The second-order valence-electron chi connectivity index (χ2n) is 4.02. The molecule has 0 aliphatic heterocycles. The maximum Gasteiger partial charge on any atom is 0.228 e. The van der Waals surface area contributed by atoms with Gasteiger partial charge in [0.1, 0.15) is 11.6 Å². The number of anilines is 1. The highest BCUT2D eigenvalue weighted by Gasteiger charge is 2.08. The molecule has 19 heavy (non-hydrogen) atoms. The van der Waals surface area contributed by atoms with Gasteiger partial charge in [0.2, 0.25) is 5.91 Å². The van der Waals surface area contributed by atoms with Crippen molar-refractivity contribution < 1.29 is 14.3 Å². The number of hydrogen-bond acceptors (Lipinski definition) is 2. The lowest BCUT2D eigenvalue weighted by Crippen LogP contribution is -2.15. The first-order valence-corrected chi connectivity index (χ1v) is 5.95. The molecule has 1 amide bonds. The molecule has 3 nitrogen and oxygen atoms in total. The number of carbonyl (C=O) groups excluding carboxylic acids is 1. The van der Waals surface area contributed by atoms with Gasteiger partial charge in [0.15, 0.2) is 0 Å². The van der Waals surface area contributed by atoms with Gasteiger partial charge in [-0.1, -0.05) is 23.7 Å². The van der Waals surface area contributed by atoms with Gasteiger partial charge in [0, 0.05) is 5.02 Å². The summed E-state index contributed by atoms with van der Waals surface area (Å²) in [5.41, 5.74) is 0.724. The highest BCUT2D eigenvalue weighted by atomic mass is 35.5. The molecule has 0 radical (unpaired) electrons. The van der Waals surface area contributed by atoms with Gasteiger partial charge < -0.3 is 10.4 Å². The molecule has 0 unspecified atom stereocenters. The van der Waals surface area contributed by atoms with E-state index in [9.17, 15) is 14.3 Å². The summed E-state index contributed by atoms with van der Waals surface area (Å²) in [4.78, 5) is 11.7. The minimum absolute atomic E-state index is 0.0521. The third-order valence-corrected chi connectivity index (χ3v) is 2.72. The quantitative estimate of drug-likeness (QED) is 0.905. The van der Waals surface area contributed by atoms with E-state index in [-0.39, 0.29) is 28.8 Å². The smallest absolute Gasteiger partial charge is 0.228 e. The lowest BCUT2D eigenvalue weighted by molar-refractivity contribution is -0.115. The Morgan fingerprint density at radius 2 is 2.05 bits per heavy atom. The molecule has 0 saturated heterocycles. The SMILES string of the molecule is O=C(Cc1cccc(O)c1)Nc1ccc(Cl)cc1F. The third-order valence-electron chi connectivity index (χ3n) is 2.48. The Labute approximate surface area is 114 Å². The number of phenolic OH excluding ortho intramolecular Hbond substituents is 1. The molecule has 2 rings (SSSR count). The summed E-state index contributed by atoms with van der Waals surface area (Å²) < 4.78 is 13.5. The van der Waals surface area contributed by atoms with Crippen molar-refractivity contribution in [1.29, 1.82) is 0 Å². The number of aromatic hydroxyl groups is 1. The van der Waals surface area contributed by atoms with E-state index in [1.165, 1.54) is 24.3 Å². The van der Waals surface area contributed by atoms with Gasteiger partial charge in [-0.3, -0.25) is 4.79 Å². The van der Waals surface area contributed by atoms with Crippen LogP contribution in [0.15, 0.2) is 42.5 Å². The van der Waals surface area contributed by atoms with Crippen LogP contribution in [-0.4, -0.2) is 11.0 Å². The lowest BCUT2D eigenvalue weighted by Gasteiger charge is -2.07. The van der Waals surface area contributed by atoms with Crippen molar-refractivity contribution in [2.75, 3.05) is 5.32 Å². The van der Waals surface area contributed by atoms with Crippen LogP contribution in [0.3, 0.4) is 0 Å². The highest BCUT2D eigenvalue weighted by molar-refractivity contribution is 6.30. The third kappa shape index (κ3) is 3.69. The van der Waals surface area contributed by atoms with Gasteiger partial charge in [-0.2, -0.15) is 0 Å². The van der Waals surface area contributed by atoms with E-state index in [0.29, 0.717) is 5.56 Å². The van der Waals surface area contributed by atoms with Crippen molar-refractivity contribution in [1.82, 2.24) is 0 Å². The molecule has 2 N–H and O–H groups in total. The molecule has 0 aromatic heterocycles. The van der Waals surface area contributed by atoms with Crippen molar-refractivity contribution in [2.45, 2.75) is 6.42 Å². The molecular weight excluding hydrogens is 269 g/mol. The van der Waals surface area contributed by atoms with Crippen LogP contribution in [-0.2, 0) is 11.2 Å². The predicted molar refractivity (Wildman–Crippen MR) is 71.9 cm³/mol. The Hall–Kier alpha value is -2.07. The number of amides is 1. The number of nitrogens with one attached hydrogen (secondary N) is 1. The summed E-state index contributed by atoms with van der Waals surface area (Å²) in [5, 5.41) is 12.0. The molecule has 0 aliphatic carbocycles. The van der Waals surface area contributed by atoms with Crippen molar-refractivity contribution in [3.63, 3.8) is 0 Å². The average Bonchev–Trinajstić information content (AvgIpc) is 2.33. The van der Waals surface area contributed by atoms with E-state index in [1.54, 1.807) is 12.1 Å². The monoisotopic (exact) mass is 279 g/mol. The molecule has 0 atom stereocenters. The van der Waals surface area contributed by atoms with Gasteiger partial charge >= 0.3 is 0 Å². The molecule has 98 valence electrons. The Morgan fingerprint density at radius 1 is 1.26 bits per heavy atom. The maximum absolute atomic E-state index is 13.5. The molecule has 0 heterocycles. The lowest BCUT2D eigenvalue weighted by atomic mass is 10.1. The van der Waals surface area contributed by atoms with Crippen LogP contribution in [0.25, 0.3) is 0 Å². The molecule has 2 aromatic carbocycles. The number of hydrogen-bond donors (Lipinski definition) is 2. The van der Waals surface area contributed by atoms with Crippen molar-refractivity contribution >= 4 is 23.2 Å². The second-order valence-corrected chi connectivity index (χ2v) is 4.46. The predicted octanol–water partition coefficient (Wildman–Crippen LogP) is 3.37. The van der Waals surface area contributed by atoms with Crippen molar-refractivity contribution in [3.8, 4) is 5.75 Å². The summed E-state index contributed by atoms with van der Waals surface area (Å²) in [6.45, 7) is 0. The molecule has 0 aliphatic rings. The Bertz CT molecular complexity index is 616. The minimum atomic E-state index is -0.586. The van der Waals surface area contributed by atoms with Crippen LogP contribution in [0, 0.1) is 5.82 Å². The maximum atomic E-state index is 13.5. The van der Waals surface area contributed by atoms with Gasteiger partial charge in [-0.05, 0) is 35.9 Å². The van der Waals surface area contributed by atoms with E-state index in [1.807, 2.05) is 0 Å². The highest BCUT2D eigenvalue weighted by Crippen LogP contribution is 2.19. The molecule has 0 spiro atoms. The van der Waals surface area contributed by atoms with E-state index < -0.39 is 5.82 Å². The number of halogens is 2. The van der Waals surface area contributed by atoms with Crippen LogP contribution in [0.4, 0.5) is 10.1 Å². The zero-order valence-electron chi connectivity index (χ0n) is 9.86. The van der Waals surface area contributed by atoms with Crippen LogP contribution >= 0.6 is 11.6 Å². The standard InChI is InChI=1S/C14H11ClFNO2/c15-10-4-5-13(12(16)8-10)17-14(19)7-9-2-1-3-11(18)6-9/h1-6,8,18H,7H2,(H,17,19). The summed E-state index contributed by atoms with van der Waals surface area (Å²) in [6, 6.07) is 10.4. The summed E-state index contributed by atoms with van der Waals surface area (Å²) in [7, 11) is 0. The minimum Gasteiger partial charge on any atom is -0.508 e. The zero-order valence-corrected chi connectivity index (χ0v) is 10.6. The summed E-state index contributed by atoms with van der Waals surface area (Å²) >= 11 is 5.62. The van der Waals surface area contributed by atoms with E-state index in [4.69, 9.17) is 11.6 Å². The fourth-order valence-electron chi connectivity index (χ4n) is 1.64. The molecule has 0 saturated carbocycles. The average molecular weight is 280 g/mol. The van der Waals surface area contributed by atoms with Gasteiger partial charge in [0.05, 0.1) is 12.1 Å². The Morgan fingerprint density at radius 3 is 2.74 bits per heavy atom. The fourth-order valence-corrected chi connectivity index (χ4v) is 1.80. The van der Waals surface area contributed by atoms with Crippen molar-refractivity contribution in [3.05, 3.63) is 58.9 Å². The number of phenols is 1. The topological polar surface area (TPSA) is 49.3 Å². The Kier molecular flexibility index (Phi) is 4.02. The molecular formula is C14H11ClFNO2. The number of carbonyl (C=O) groups is 1. The first kappa shape index (κ1) is 13.4. The number of rotatable bonds is 3. The van der Waals surface area contributed by atoms with Crippen LogP contribution < -0.4 is 5.32 Å². The van der Waals surface area contributed by atoms with Crippen LogP contribution in [0.2, 0.25) is 5.02 Å². The van der Waals surface area contributed by atoms with E-state index in [2.05, 4.69) is 5.32 Å². The van der Waals surface area contributed by atoms with Crippen LogP contribution in [0.1, 0.15) is 5.56 Å². The zero-order chi connectivity index (χ0) is 13.8. The summed E-state index contributed by atoms with van der Waals surface area (Å²) in [5.74, 6) is -0.869. The van der Waals surface area contributed by atoms with E-state index >= 15 is 0 Å². The summed E-state index contributed by atoms with van der Waals surface area (Å²) in [6.07, 6.45) is 0.0521. The van der Waals surface area contributed by atoms with Gasteiger partial charge in [0.25, 0.3) is 0 Å². The van der Waals surface area contributed by atoms with E-state index in [0.717, 1.165) is 6.07 Å². The van der Waals surface area contributed by atoms with Crippen molar-refractivity contribution in [2.24, 2.45) is 0 Å². The fraction of sp³-hybridized carbons (Fsp3) is 0.0714. The molecule has 0 bridgehead atoms. The number of benzene rings is 2.